The molecule has 2 rings (SSSR count). The van der Waals surface area contributed by atoms with Crippen LogP contribution in [0.2, 0.25) is 5.02 Å². The van der Waals surface area contributed by atoms with E-state index in [0.717, 1.165) is 16.7 Å². The van der Waals surface area contributed by atoms with Crippen LogP contribution in [0.15, 0.2) is 35.1 Å². The Balaban J connectivity index is 2.53. The van der Waals surface area contributed by atoms with Crippen LogP contribution in [0.1, 0.15) is 5.56 Å². The molecule has 16 heavy (non-hydrogen) atoms. The van der Waals surface area contributed by atoms with E-state index in [9.17, 15) is 0 Å². The second-order valence-corrected chi connectivity index (χ2v) is 3.95. The standard InChI is InChI=1S/C12H12ClNO2/c13-10-5-8(1-3-15)12(14)11(6-10)9-2-4-16-7-9/h2,4-7,15H,1,3,14H2. The first kappa shape index (κ1) is 11.0. The minimum Gasteiger partial charge on any atom is -0.472 e. The third-order valence-corrected chi connectivity index (χ3v) is 2.66. The molecule has 0 fully saturated rings. The number of nitrogens with two attached hydrogens (primary N) is 1. The first-order valence-electron chi connectivity index (χ1n) is 4.93. The van der Waals surface area contributed by atoms with E-state index in [1.165, 1.54) is 0 Å². The lowest BCUT2D eigenvalue weighted by atomic mass is 10.0. The van der Waals surface area contributed by atoms with E-state index in [-0.39, 0.29) is 6.61 Å². The summed E-state index contributed by atoms with van der Waals surface area (Å²) in [4.78, 5) is 0. The van der Waals surface area contributed by atoms with E-state index in [1.807, 2.05) is 6.07 Å². The molecule has 0 spiro atoms. The number of furan rings is 1. The highest BCUT2D eigenvalue weighted by molar-refractivity contribution is 6.31. The van der Waals surface area contributed by atoms with E-state index in [0.29, 0.717) is 17.1 Å². The van der Waals surface area contributed by atoms with Gasteiger partial charge in [-0.05, 0) is 30.2 Å². The van der Waals surface area contributed by atoms with Crippen molar-refractivity contribution in [3.05, 3.63) is 41.3 Å². The van der Waals surface area contributed by atoms with Crippen molar-refractivity contribution in [3.8, 4) is 11.1 Å². The molecule has 0 aliphatic rings. The normalized spacial score (nSPS) is 10.6. The average Bonchev–Trinajstić information content (AvgIpc) is 2.76. The van der Waals surface area contributed by atoms with Gasteiger partial charge < -0.3 is 15.3 Å². The number of nitrogen functional groups attached to an aromatic ring is 1. The lowest BCUT2D eigenvalue weighted by Crippen LogP contribution is -1.99. The van der Waals surface area contributed by atoms with E-state index in [1.54, 1.807) is 24.7 Å². The first-order chi connectivity index (χ1) is 7.72. The highest BCUT2D eigenvalue weighted by Gasteiger charge is 2.09. The van der Waals surface area contributed by atoms with Gasteiger partial charge in [0.25, 0.3) is 0 Å². The maximum atomic E-state index is 8.94. The van der Waals surface area contributed by atoms with Crippen LogP contribution < -0.4 is 5.73 Å². The molecule has 1 heterocycles. The van der Waals surface area contributed by atoms with E-state index in [2.05, 4.69) is 0 Å². The van der Waals surface area contributed by atoms with Gasteiger partial charge in [-0.15, -0.1) is 0 Å². The number of anilines is 1. The fraction of sp³-hybridized carbons (Fsp3) is 0.167. The molecule has 1 aromatic heterocycles. The van der Waals surface area contributed by atoms with Gasteiger partial charge in [-0.2, -0.15) is 0 Å². The molecular weight excluding hydrogens is 226 g/mol. The Morgan fingerprint density at radius 2 is 2.19 bits per heavy atom. The predicted molar refractivity (Wildman–Crippen MR) is 64.4 cm³/mol. The lowest BCUT2D eigenvalue weighted by Gasteiger charge is -2.10. The van der Waals surface area contributed by atoms with Crippen LogP contribution in [0.25, 0.3) is 11.1 Å². The highest BCUT2D eigenvalue weighted by Crippen LogP contribution is 2.32. The molecule has 2 aromatic rings. The van der Waals surface area contributed by atoms with Crippen LogP contribution in [0.4, 0.5) is 5.69 Å². The molecule has 0 radical (unpaired) electrons. The topological polar surface area (TPSA) is 59.4 Å². The van der Waals surface area contributed by atoms with Crippen molar-refractivity contribution in [2.45, 2.75) is 6.42 Å². The number of rotatable bonds is 3. The zero-order valence-electron chi connectivity index (χ0n) is 8.61. The molecule has 3 N–H and O–H groups in total. The van der Waals surface area contributed by atoms with Crippen molar-refractivity contribution >= 4 is 17.3 Å². The summed E-state index contributed by atoms with van der Waals surface area (Å²) < 4.78 is 5.02. The van der Waals surface area contributed by atoms with Crippen molar-refractivity contribution in [1.29, 1.82) is 0 Å². The molecule has 1 aromatic carbocycles. The fourth-order valence-corrected chi connectivity index (χ4v) is 1.90. The molecule has 0 unspecified atom stereocenters. The summed E-state index contributed by atoms with van der Waals surface area (Å²) in [5.41, 5.74) is 9.24. The van der Waals surface area contributed by atoms with Crippen LogP contribution in [0.5, 0.6) is 0 Å². The Bertz CT molecular complexity index is 480. The van der Waals surface area contributed by atoms with E-state index in [4.69, 9.17) is 26.9 Å². The Kier molecular flexibility index (Phi) is 3.17. The molecule has 0 saturated heterocycles. The number of hydrogen-bond donors (Lipinski definition) is 2. The molecule has 0 atom stereocenters. The Labute approximate surface area is 98.5 Å². The smallest absolute Gasteiger partial charge is 0.0981 e. The molecule has 0 aliphatic carbocycles. The van der Waals surface area contributed by atoms with Gasteiger partial charge in [-0.3, -0.25) is 0 Å². The van der Waals surface area contributed by atoms with Gasteiger partial charge in [-0.1, -0.05) is 11.6 Å². The zero-order chi connectivity index (χ0) is 11.5. The molecule has 0 bridgehead atoms. The predicted octanol–water partition coefficient (Wildman–Crippen LogP) is 2.72. The summed E-state index contributed by atoms with van der Waals surface area (Å²) in [6, 6.07) is 5.39. The number of halogens is 1. The first-order valence-corrected chi connectivity index (χ1v) is 5.31. The van der Waals surface area contributed by atoms with Gasteiger partial charge in [0.05, 0.1) is 12.5 Å². The molecule has 84 valence electrons. The maximum absolute atomic E-state index is 8.94. The number of hydrogen-bond acceptors (Lipinski definition) is 3. The Hall–Kier alpha value is -1.45. The van der Waals surface area contributed by atoms with Gasteiger partial charge in [-0.25, -0.2) is 0 Å². The van der Waals surface area contributed by atoms with Crippen LogP contribution in [-0.4, -0.2) is 11.7 Å². The zero-order valence-corrected chi connectivity index (χ0v) is 9.37. The third-order valence-electron chi connectivity index (χ3n) is 2.44. The van der Waals surface area contributed by atoms with Gasteiger partial charge in [0.1, 0.15) is 0 Å². The van der Waals surface area contributed by atoms with Gasteiger partial charge >= 0.3 is 0 Å². The molecule has 0 amide bonds. The van der Waals surface area contributed by atoms with Crippen molar-refractivity contribution in [3.63, 3.8) is 0 Å². The van der Waals surface area contributed by atoms with Crippen LogP contribution in [-0.2, 0) is 6.42 Å². The highest BCUT2D eigenvalue weighted by atomic mass is 35.5. The summed E-state index contributed by atoms with van der Waals surface area (Å²) in [6.45, 7) is 0.0510. The minimum atomic E-state index is 0.0510. The molecule has 0 saturated carbocycles. The summed E-state index contributed by atoms with van der Waals surface area (Å²) in [5, 5.41) is 9.54. The minimum absolute atomic E-state index is 0.0510. The van der Waals surface area contributed by atoms with Gasteiger partial charge in [0.2, 0.25) is 0 Å². The number of aliphatic hydroxyl groups is 1. The van der Waals surface area contributed by atoms with E-state index < -0.39 is 0 Å². The van der Waals surface area contributed by atoms with Gasteiger partial charge in [0.15, 0.2) is 0 Å². The fourth-order valence-electron chi connectivity index (χ4n) is 1.66. The molecule has 3 nitrogen and oxygen atoms in total. The average molecular weight is 238 g/mol. The third kappa shape index (κ3) is 2.05. The monoisotopic (exact) mass is 237 g/mol. The quantitative estimate of drug-likeness (QED) is 0.807. The van der Waals surface area contributed by atoms with Crippen molar-refractivity contribution in [1.82, 2.24) is 0 Å². The molecule has 0 aliphatic heterocycles. The lowest BCUT2D eigenvalue weighted by molar-refractivity contribution is 0.300. The second kappa shape index (κ2) is 4.60. The maximum Gasteiger partial charge on any atom is 0.0981 e. The molecular formula is C12H12ClNO2. The summed E-state index contributed by atoms with van der Waals surface area (Å²) in [6.07, 6.45) is 3.70. The van der Waals surface area contributed by atoms with Crippen molar-refractivity contribution in [2.75, 3.05) is 12.3 Å². The van der Waals surface area contributed by atoms with Crippen molar-refractivity contribution < 1.29 is 9.52 Å². The summed E-state index contributed by atoms with van der Waals surface area (Å²) >= 11 is 6.01. The summed E-state index contributed by atoms with van der Waals surface area (Å²) in [7, 11) is 0. The van der Waals surface area contributed by atoms with E-state index >= 15 is 0 Å². The van der Waals surface area contributed by atoms with Gasteiger partial charge in [0, 0.05) is 28.4 Å². The van der Waals surface area contributed by atoms with Crippen LogP contribution >= 0.6 is 11.6 Å². The Morgan fingerprint density at radius 3 is 2.81 bits per heavy atom. The number of benzene rings is 1. The second-order valence-electron chi connectivity index (χ2n) is 3.51. The summed E-state index contributed by atoms with van der Waals surface area (Å²) in [5.74, 6) is 0. The molecule has 4 heteroatoms. The number of aliphatic hydroxyl groups excluding tert-OH is 1. The van der Waals surface area contributed by atoms with Crippen LogP contribution in [0.3, 0.4) is 0 Å². The van der Waals surface area contributed by atoms with Crippen molar-refractivity contribution in [2.24, 2.45) is 0 Å². The Morgan fingerprint density at radius 1 is 1.38 bits per heavy atom. The SMILES string of the molecule is Nc1c(CCO)cc(Cl)cc1-c1ccoc1. The van der Waals surface area contributed by atoms with Crippen LogP contribution in [0, 0.1) is 0 Å². The largest absolute Gasteiger partial charge is 0.472 e.